The smallest absolute Gasteiger partial charge is 0.333 e. The first-order chi connectivity index (χ1) is 37.6. The molecule has 0 saturated heterocycles. The van der Waals surface area contributed by atoms with Crippen molar-refractivity contribution in [3.8, 4) is 0 Å². The molecule has 0 amide bonds. The van der Waals surface area contributed by atoms with Gasteiger partial charge in [0.25, 0.3) is 0 Å². The number of rotatable bonds is 25. The molecule has 0 atom stereocenters. The SMILES string of the molecule is C.C=C(C)C(=O)OCC.CC(C)/C=C/C=O.CCOC(=O)/C(C)=C/C=C/C(C)C.CCOC(=O)/C(C)=C/C=C/C=C(\C)C(C)=O.CCOC(=O)/C(C)=C/C=C/C=O.C\C(=C/C=C/C=C(\C)CO)CO.C\C(C=O)=C/C=C/C=C(\C)C=O. The summed E-state index contributed by atoms with van der Waals surface area (Å²) in [5.41, 5.74) is 5.93. The Kier molecular flexibility index (Phi) is 73.8. The summed E-state index contributed by atoms with van der Waals surface area (Å²) in [6.45, 7) is 37.6. The molecular formula is C66H100O15. The van der Waals surface area contributed by atoms with Crippen LogP contribution >= 0.6 is 0 Å². The van der Waals surface area contributed by atoms with Gasteiger partial charge in [0.15, 0.2) is 5.78 Å². The number of aldehydes is 4. The van der Waals surface area contributed by atoms with Gasteiger partial charge in [0.05, 0.1) is 39.6 Å². The van der Waals surface area contributed by atoms with Crippen molar-refractivity contribution in [1.82, 2.24) is 0 Å². The molecule has 0 radical (unpaired) electrons. The predicted molar refractivity (Wildman–Crippen MR) is 332 cm³/mol. The Morgan fingerprint density at radius 1 is 0.395 bits per heavy atom. The maximum Gasteiger partial charge on any atom is 0.333 e. The van der Waals surface area contributed by atoms with Gasteiger partial charge in [-0.1, -0.05) is 151 Å². The number of aliphatic hydroxyl groups excluding tert-OH is 2. The zero-order valence-corrected chi connectivity index (χ0v) is 51.2. The summed E-state index contributed by atoms with van der Waals surface area (Å²) in [4.78, 5) is 94.2. The predicted octanol–water partition coefficient (Wildman–Crippen LogP) is 13.0. The number of carbonyl (C=O) groups is 9. The van der Waals surface area contributed by atoms with E-state index in [-0.39, 0.29) is 50.3 Å². The van der Waals surface area contributed by atoms with Crippen LogP contribution in [0.3, 0.4) is 0 Å². The largest absolute Gasteiger partial charge is 0.463 e. The lowest BCUT2D eigenvalue weighted by Crippen LogP contribution is -2.04. The summed E-state index contributed by atoms with van der Waals surface area (Å²) >= 11 is 0. The van der Waals surface area contributed by atoms with Crippen LogP contribution in [0.2, 0.25) is 0 Å². The molecular weight excluding hydrogens is 1030 g/mol. The summed E-state index contributed by atoms with van der Waals surface area (Å²) in [6.07, 6.45) is 37.3. The summed E-state index contributed by atoms with van der Waals surface area (Å²) in [5, 5.41) is 17.3. The second-order valence-electron chi connectivity index (χ2n) is 17.1. The zero-order chi connectivity index (χ0) is 63.3. The number of allylic oxidation sites excluding steroid dienone is 23. The molecule has 0 bridgehead atoms. The van der Waals surface area contributed by atoms with Gasteiger partial charge in [-0.15, -0.1) is 0 Å². The number of hydrogen-bond donors (Lipinski definition) is 2. The van der Waals surface area contributed by atoms with Crippen molar-refractivity contribution in [3.63, 3.8) is 0 Å². The second kappa shape index (κ2) is 66.5. The van der Waals surface area contributed by atoms with Crippen molar-refractivity contribution in [2.24, 2.45) is 11.8 Å². The molecule has 0 fully saturated rings. The minimum Gasteiger partial charge on any atom is -0.463 e. The fourth-order valence-corrected chi connectivity index (χ4v) is 3.68. The molecule has 0 rings (SSSR count). The van der Waals surface area contributed by atoms with Crippen LogP contribution in [0.1, 0.15) is 132 Å². The highest BCUT2D eigenvalue weighted by atomic mass is 16.5. The Bertz CT molecular complexity index is 2210. The van der Waals surface area contributed by atoms with E-state index in [0.29, 0.717) is 83.6 Å². The highest BCUT2D eigenvalue weighted by Gasteiger charge is 2.03. The van der Waals surface area contributed by atoms with Gasteiger partial charge in [-0.05, 0) is 149 Å². The number of aliphatic hydroxyl groups is 2. The van der Waals surface area contributed by atoms with Crippen LogP contribution in [-0.2, 0) is 62.1 Å². The van der Waals surface area contributed by atoms with E-state index in [2.05, 4.69) is 25.2 Å². The first kappa shape index (κ1) is 89.8. The first-order valence-corrected chi connectivity index (χ1v) is 25.9. The van der Waals surface area contributed by atoms with Crippen LogP contribution in [0.4, 0.5) is 0 Å². The molecule has 81 heavy (non-hydrogen) atoms. The van der Waals surface area contributed by atoms with E-state index in [0.717, 1.165) is 30.0 Å². The molecule has 0 saturated carbocycles. The Balaban J connectivity index is -0.000000129. The highest BCUT2D eigenvalue weighted by molar-refractivity contribution is 5.93. The Morgan fingerprint density at radius 3 is 0.914 bits per heavy atom. The third-order valence-electron chi connectivity index (χ3n) is 8.30. The van der Waals surface area contributed by atoms with Gasteiger partial charge < -0.3 is 29.2 Å². The van der Waals surface area contributed by atoms with Crippen LogP contribution in [0.15, 0.2) is 178 Å². The maximum atomic E-state index is 11.2. The number of ketones is 1. The van der Waals surface area contributed by atoms with E-state index in [1.807, 2.05) is 70.2 Å². The fourth-order valence-electron chi connectivity index (χ4n) is 3.68. The van der Waals surface area contributed by atoms with Gasteiger partial charge in [-0.3, -0.25) is 24.0 Å². The Morgan fingerprint density at radius 2 is 0.667 bits per heavy atom. The van der Waals surface area contributed by atoms with E-state index in [9.17, 15) is 43.2 Å². The molecule has 0 aromatic rings. The van der Waals surface area contributed by atoms with Crippen molar-refractivity contribution < 1.29 is 72.3 Å². The lowest BCUT2D eigenvalue weighted by Gasteiger charge is -1.99. The van der Waals surface area contributed by atoms with E-state index in [1.54, 1.807) is 131 Å². The Labute approximate surface area is 487 Å². The monoisotopic (exact) mass is 1130 g/mol. The quantitative estimate of drug-likeness (QED) is 0.0285. The normalized spacial score (nSPS) is 12.2. The molecule has 0 aliphatic heterocycles. The van der Waals surface area contributed by atoms with Crippen LogP contribution in [-0.4, -0.2) is 105 Å². The maximum absolute atomic E-state index is 11.2. The van der Waals surface area contributed by atoms with Gasteiger partial charge >= 0.3 is 23.9 Å². The summed E-state index contributed by atoms with van der Waals surface area (Å²) in [5.74, 6) is -0.192. The lowest BCUT2D eigenvalue weighted by molar-refractivity contribution is -0.139. The molecule has 2 N–H and O–H groups in total. The number of Topliss-reactive ketones (excluding diaryl/α,β-unsaturated/α-hetero) is 1. The average Bonchev–Trinajstić information content (AvgIpc) is 3.42. The fraction of sp³-hybridized carbons (Fsp3) is 0.409. The topological polar surface area (TPSA) is 231 Å². The van der Waals surface area contributed by atoms with Crippen molar-refractivity contribution >= 4 is 54.8 Å². The molecule has 0 aromatic heterocycles. The number of hydrogen-bond acceptors (Lipinski definition) is 15. The van der Waals surface area contributed by atoms with E-state index in [1.165, 1.54) is 31.2 Å². The van der Waals surface area contributed by atoms with Crippen molar-refractivity contribution in [3.05, 3.63) is 178 Å². The summed E-state index contributed by atoms with van der Waals surface area (Å²) in [6, 6.07) is 0. The molecule has 454 valence electrons. The molecule has 0 aliphatic carbocycles. The van der Waals surface area contributed by atoms with E-state index >= 15 is 0 Å². The van der Waals surface area contributed by atoms with E-state index in [4.69, 9.17) is 24.4 Å². The summed E-state index contributed by atoms with van der Waals surface area (Å²) < 4.78 is 18.9. The molecule has 0 aromatic carbocycles. The van der Waals surface area contributed by atoms with Crippen LogP contribution in [0.5, 0.6) is 0 Å². The van der Waals surface area contributed by atoms with Gasteiger partial charge in [-0.25, -0.2) is 19.2 Å². The second-order valence-corrected chi connectivity index (χ2v) is 17.1. The van der Waals surface area contributed by atoms with E-state index < -0.39 is 0 Å². The zero-order valence-electron chi connectivity index (χ0n) is 51.2. The van der Waals surface area contributed by atoms with Crippen LogP contribution < -0.4 is 0 Å². The highest BCUT2D eigenvalue weighted by Crippen LogP contribution is 2.02. The standard InChI is InChI=1S/C13H18O3.C11H18O2.C10H16O2.C10H12O2.C9H12O3.C6H10O2.C6H10O.CH4/c1-5-16-13(15)11(3)9-7-6-8-10(2)12(4)14;1-5-13-11(12)10(4)8-6-7-9(2)3;2*1-9(7-11)5-3-4-6-10(2)8-12;1-3-12-9(11)8(2)6-4-5-7-10;1-4-8-6(7)5(2)3;1-6(2)4-3-5-7;/h6-9H,5H2,1-4H3;6-9H,5H2,1-4H3;3-6,11-12H,7-8H2,1-2H3;3-8H,1-2H3;4-7H,3H2,1-2H3;2,4H2,1,3H3;3-6H,1-2H3;1H4/b7-6+,10-8+,11-9+;7-6+,10-8+;2*4-3+,9-5+,10-6+;5-4+,8-6+;;4-3+;. The number of carbonyl (C=O) groups excluding carboxylic acids is 9. The van der Waals surface area contributed by atoms with Gasteiger partial charge in [-0.2, -0.15) is 0 Å². The lowest BCUT2D eigenvalue weighted by atomic mass is 10.2. The van der Waals surface area contributed by atoms with Gasteiger partial charge in [0.2, 0.25) is 0 Å². The van der Waals surface area contributed by atoms with Crippen LogP contribution in [0, 0.1) is 11.8 Å². The molecule has 0 heterocycles. The minimum absolute atomic E-state index is 0. The van der Waals surface area contributed by atoms with Gasteiger partial charge in [0.1, 0.15) is 25.1 Å². The van der Waals surface area contributed by atoms with Crippen molar-refractivity contribution in [1.29, 1.82) is 0 Å². The third kappa shape index (κ3) is 76.5. The van der Waals surface area contributed by atoms with Crippen molar-refractivity contribution in [2.75, 3.05) is 39.6 Å². The molecule has 15 nitrogen and oxygen atoms in total. The number of esters is 4. The van der Waals surface area contributed by atoms with Crippen molar-refractivity contribution in [2.45, 2.75) is 132 Å². The van der Waals surface area contributed by atoms with Crippen LogP contribution in [0.25, 0.3) is 0 Å². The molecule has 0 aliphatic rings. The molecule has 0 spiro atoms. The molecule has 15 heteroatoms. The molecule has 0 unspecified atom stereocenters. The van der Waals surface area contributed by atoms with Gasteiger partial charge in [0, 0.05) is 22.3 Å². The summed E-state index contributed by atoms with van der Waals surface area (Å²) in [7, 11) is 0. The Hall–Kier alpha value is -7.75. The first-order valence-electron chi connectivity index (χ1n) is 25.9. The minimum atomic E-state index is -0.354. The third-order valence-corrected chi connectivity index (χ3v) is 8.30. The average molecular weight is 1130 g/mol. The number of ether oxygens (including phenoxy) is 4.